The van der Waals surface area contributed by atoms with Gasteiger partial charge in [-0.1, -0.05) is 249 Å². The van der Waals surface area contributed by atoms with Gasteiger partial charge in [0.25, 0.3) is 0 Å². The Morgan fingerprint density at radius 2 is 0.492 bits per heavy atom. The van der Waals surface area contributed by atoms with Crippen molar-refractivity contribution < 1.29 is 13.3 Å². The summed E-state index contributed by atoms with van der Waals surface area (Å²) < 4.78 is 32.6. The Hall–Kier alpha value is -17.4. The zero-order valence-electron chi connectivity index (χ0n) is 70.7. The van der Waals surface area contributed by atoms with Gasteiger partial charge in [-0.05, 0) is 198 Å². The maximum atomic E-state index is 7.06. The molecule has 0 N–H and O–H groups in total. The highest BCUT2D eigenvalue weighted by molar-refractivity contribution is 7.25. The Balaban J connectivity index is 0.000000129. The molecule has 30 aromatic rings. The third kappa shape index (κ3) is 10.7. The van der Waals surface area contributed by atoms with Crippen molar-refractivity contribution in [3.8, 4) is 67.5 Å². The highest BCUT2D eigenvalue weighted by Gasteiger charge is 2.29. The Morgan fingerprint density at radius 3 is 0.947 bits per heavy atom. The van der Waals surface area contributed by atoms with E-state index in [1.165, 1.54) is 102 Å². The lowest BCUT2D eigenvalue weighted by Crippen LogP contribution is -1.97. The number of rotatable bonds is 8. The van der Waals surface area contributed by atoms with E-state index in [1.807, 2.05) is 23.5 Å². The van der Waals surface area contributed by atoms with Crippen LogP contribution in [0.3, 0.4) is 0 Å². The molecule has 612 valence electrons. The summed E-state index contributed by atoms with van der Waals surface area (Å²) in [6.07, 6.45) is 0. The summed E-state index contributed by atoms with van der Waals surface area (Å²) in [6.45, 7) is 0. The molecule has 10 aromatic heterocycles. The third-order valence-electron chi connectivity index (χ3n) is 27.7. The van der Waals surface area contributed by atoms with Crippen LogP contribution in [0, 0.1) is 0 Å². The van der Waals surface area contributed by atoms with E-state index < -0.39 is 0 Å². The summed E-state index contributed by atoms with van der Waals surface area (Å²) in [4.78, 5) is 11.0. The number of hydrogen-bond acceptors (Lipinski definition) is 6. The fourth-order valence-corrected chi connectivity index (χ4v) is 23.1. The average Bonchev–Trinajstić information content (AvgIpc) is 1.55. The van der Waals surface area contributed by atoms with E-state index in [-0.39, 0.29) is 0 Å². The Bertz CT molecular complexity index is 9640. The van der Waals surface area contributed by atoms with Gasteiger partial charge in [0.1, 0.15) is 22.3 Å². The first-order chi connectivity index (χ1) is 65.5. The van der Waals surface area contributed by atoms with Crippen LogP contribution >= 0.6 is 11.3 Å². The molecule has 0 saturated heterocycles. The highest BCUT2D eigenvalue weighted by atomic mass is 32.1. The van der Waals surface area contributed by atoms with Crippen molar-refractivity contribution in [2.75, 3.05) is 0 Å². The quantitative estimate of drug-likeness (QED) is 0.142. The van der Waals surface area contributed by atoms with E-state index >= 15 is 0 Å². The summed E-state index contributed by atoms with van der Waals surface area (Å²) in [7, 11) is 0. The van der Waals surface area contributed by atoms with Crippen molar-refractivity contribution in [1.82, 2.24) is 28.2 Å². The zero-order valence-corrected chi connectivity index (χ0v) is 71.5. The van der Waals surface area contributed by atoms with Crippen LogP contribution in [0.2, 0.25) is 0 Å². The predicted molar refractivity (Wildman–Crippen MR) is 552 cm³/mol. The van der Waals surface area contributed by atoms with Crippen LogP contribution in [0.4, 0.5) is 0 Å². The van der Waals surface area contributed by atoms with Gasteiger partial charge in [0.15, 0.2) is 11.2 Å². The van der Waals surface area contributed by atoms with Crippen molar-refractivity contribution in [3.63, 3.8) is 0 Å². The summed E-state index contributed by atoms with van der Waals surface area (Å²) in [5.74, 6) is 0. The first-order valence-electron chi connectivity index (χ1n) is 44.9. The van der Waals surface area contributed by atoms with Crippen LogP contribution < -0.4 is 0 Å². The number of furan rings is 3. The van der Waals surface area contributed by atoms with E-state index in [4.69, 9.17) is 23.2 Å². The second-order valence-electron chi connectivity index (χ2n) is 34.8. The van der Waals surface area contributed by atoms with Gasteiger partial charge in [0, 0.05) is 150 Å². The van der Waals surface area contributed by atoms with Gasteiger partial charge in [0.2, 0.25) is 0 Å². The lowest BCUT2D eigenvalue weighted by Gasteiger charge is -2.15. The van der Waals surface area contributed by atoms with Gasteiger partial charge < -0.3 is 31.5 Å². The average molecular weight is 1700 g/mol. The molecule has 0 radical (unpaired) electrons. The first kappa shape index (κ1) is 72.7. The Labute approximate surface area is 756 Å². The van der Waals surface area contributed by atoms with Gasteiger partial charge in [-0.3, -0.25) is 0 Å². The minimum absolute atomic E-state index is 0.842. The largest absolute Gasteiger partial charge is 0.456 e. The second-order valence-corrected chi connectivity index (χ2v) is 35.9. The highest BCUT2D eigenvalue weighted by Crippen LogP contribution is 2.52. The van der Waals surface area contributed by atoms with Crippen LogP contribution in [0.5, 0.6) is 0 Å². The van der Waals surface area contributed by atoms with Crippen LogP contribution in [0.1, 0.15) is 0 Å². The summed E-state index contributed by atoms with van der Waals surface area (Å²) in [6, 6.07) is 153. The molecular weight excluding hydrogens is 1630 g/mol. The van der Waals surface area contributed by atoms with Crippen molar-refractivity contribution in [2.24, 2.45) is 0 Å². The molecule has 0 atom stereocenters. The molecule has 20 aromatic carbocycles. The smallest absolute Gasteiger partial charge is 0.160 e. The maximum Gasteiger partial charge on any atom is 0.160 e. The van der Waals surface area contributed by atoms with E-state index in [1.54, 1.807) is 0 Å². The molecule has 10 heterocycles. The summed E-state index contributed by atoms with van der Waals surface area (Å²) in [5.41, 5.74) is 29.2. The molecule has 0 aliphatic heterocycles. The van der Waals surface area contributed by atoms with Crippen molar-refractivity contribution in [1.29, 1.82) is 0 Å². The van der Waals surface area contributed by atoms with Crippen molar-refractivity contribution in [2.45, 2.75) is 0 Å². The third-order valence-corrected chi connectivity index (χ3v) is 28.9. The Kier molecular flexibility index (Phi) is 15.4. The van der Waals surface area contributed by atoms with Crippen LogP contribution in [-0.4, -0.2) is 28.2 Å². The molecule has 0 saturated carbocycles. The molecule has 0 aliphatic rings. The number of pyridine rings is 2. The number of hydrogen-bond donors (Lipinski definition) is 0. The zero-order chi connectivity index (χ0) is 86.1. The lowest BCUT2D eigenvalue weighted by atomic mass is 9.94. The number of nitrogens with zero attached hydrogens (tertiary/aromatic N) is 6. The van der Waals surface area contributed by atoms with Gasteiger partial charge in [-0.15, -0.1) is 11.3 Å². The molecule has 0 aliphatic carbocycles. The van der Waals surface area contributed by atoms with E-state index in [9.17, 15) is 0 Å². The number of para-hydroxylation sites is 11. The van der Waals surface area contributed by atoms with Gasteiger partial charge >= 0.3 is 0 Å². The topological polar surface area (TPSA) is 84.9 Å². The fraction of sp³-hybridized carbons (Fsp3) is 0. The summed E-state index contributed by atoms with van der Waals surface area (Å²) >= 11 is 1.84. The van der Waals surface area contributed by atoms with Gasteiger partial charge in [-0.2, -0.15) is 0 Å². The van der Waals surface area contributed by atoms with Gasteiger partial charge in [0.05, 0.1) is 77.9 Å². The summed E-state index contributed by atoms with van der Waals surface area (Å²) in [5, 5.41) is 25.3. The standard InChI is InChI=1S/C61H35N3O2.C61H35N3OS/c1-2-14-39(15-3-1)63-50-22-10-5-16-40(50)45-32-36(26-29-52(45)63)37-27-30-53-46(33-37)41-17-6-11-23-51(41)64(53)54-35-48-58(59-44-20-8-13-25-56(44)66-61(54)59)43-19-4-9-21-49(43)62-60(48)38-28-31-57-47(34-38)42-18-7-12-24-55(42)65-57;1-2-14-39(15-3-1)63-50-22-10-5-16-40(50)45-32-36(26-29-52(45)63)37-27-30-53-46(33-37)41-17-6-11-23-51(41)64(53)54-35-48-58(59-44-20-7-12-24-55(44)65-61(54)59)43-19-4-9-21-49(43)62-60(48)38-28-31-57-47(34-38)42-18-8-13-25-56(42)66-57/h2*1-35H. The molecule has 0 amide bonds. The lowest BCUT2D eigenvalue weighted by molar-refractivity contribution is 0.666. The van der Waals surface area contributed by atoms with Crippen LogP contribution in [0.25, 0.3) is 284 Å². The minimum Gasteiger partial charge on any atom is -0.456 e. The molecule has 30 rings (SSSR count). The Morgan fingerprint density at radius 1 is 0.182 bits per heavy atom. The van der Waals surface area contributed by atoms with Crippen molar-refractivity contribution >= 4 is 228 Å². The molecule has 0 fully saturated rings. The van der Waals surface area contributed by atoms with E-state index in [0.717, 1.165) is 182 Å². The maximum absolute atomic E-state index is 7.06. The molecule has 0 unspecified atom stereocenters. The number of aromatic nitrogens is 6. The molecule has 0 bridgehead atoms. The van der Waals surface area contributed by atoms with Crippen molar-refractivity contribution in [3.05, 3.63) is 425 Å². The van der Waals surface area contributed by atoms with Gasteiger partial charge in [-0.25, -0.2) is 9.97 Å². The molecule has 132 heavy (non-hydrogen) atoms. The van der Waals surface area contributed by atoms with Crippen LogP contribution in [0.15, 0.2) is 438 Å². The fourth-order valence-electron chi connectivity index (χ4n) is 22.0. The monoisotopic (exact) mass is 1700 g/mol. The second kappa shape index (κ2) is 28.0. The molecular formula is C122H70N6O3S. The van der Waals surface area contributed by atoms with E-state index in [0.29, 0.717) is 0 Å². The van der Waals surface area contributed by atoms with E-state index in [2.05, 4.69) is 431 Å². The predicted octanol–water partition coefficient (Wildman–Crippen LogP) is 33.9. The SMILES string of the molecule is c1ccc(-n2c3ccccc3c3cc(-c4ccc5c(c4)c4ccccc4n5-c4cc5c(-c6ccc7oc8ccccc8c7c6)nc6ccccc6c5c5c4oc4ccccc45)ccc32)cc1.c1ccc(-n2c3ccccc3c3cc(-c4ccc5c(c4)c4ccccc4n5-c4cc5c(-c6ccc7sc8ccccc8c7c6)nc6ccccc6c5c5c4oc4ccccc45)ccc32)cc1. The normalized spacial score (nSPS) is 12.2. The molecule has 10 heteroatoms. The number of benzene rings is 20. The molecule has 9 nitrogen and oxygen atoms in total. The minimum atomic E-state index is 0.842. The number of fused-ring (bicyclic) bond motifs is 32. The molecule has 0 spiro atoms. The van der Waals surface area contributed by atoms with Crippen LogP contribution in [-0.2, 0) is 0 Å². The number of thiophene rings is 1. The first-order valence-corrected chi connectivity index (χ1v) is 45.7.